The van der Waals surface area contributed by atoms with Crippen molar-refractivity contribution in [3.8, 4) is 0 Å². The molecule has 2 aromatic heterocycles. The van der Waals surface area contributed by atoms with E-state index in [0.717, 1.165) is 28.7 Å². The Hall–Kier alpha value is -5.09. The number of thioether (sulfide) groups is 1. The van der Waals surface area contributed by atoms with Crippen molar-refractivity contribution in [2.24, 2.45) is 0 Å². The number of nitrogens with zero attached hydrogens (tertiary/aromatic N) is 4. The van der Waals surface area contributed by atoms with Crippen molar-refractivity contribution in [2.75, 3.05) is 18.5 Å². The summed E-state index contributed by atoms with van der Waals surface area (Å²) in [5.74, 6) is -1.89. The third-order valence-electron chi connectivity index (χ3n) is 7.03. The molecule has 0 aliphatic carbocycles. The predicted octanol–water partition coefficient (Wildman–Crippen LogP) is 5.32. The number of nitro benzene ring substituents is 1. The smallest absolute Gasteiger partial charge is 0.348 e. The van der Waals surface area contributed by atoms with Crippen LogP contribution < -0.4 is 10.6 Å². The summed E-state index contributed by atoms with van der Waals surface area (Å²) in [5.41, 5.74) is 1.74. The molecule has 1 unspecified atom stereocenters. The second kappa shape index (κ2) is 16.1. The van der Waals surface area contributed by atoms with E-state index < -0.39 is 33.9 Å². The van der Waals surface area contributed by atoms with Crippen LogP contribution in [0, 0.1) is 24.0 Å². The molecule has 0 bridgehead atoms. The number of thiophene rings is 1. The maximum atomic E-state index is 13.5. The Balaban J connectivity index is 1.56. The van der Waals surface area contributed by atoms with Crippen LogP contribution in [0.5, 0.6) is 0 Å². The molecule has 0 fully saturated rings. The molecule has 4 rings (SSSR count). The highest BCUT2D eigenvalue weighted by molar-refractivity contribution is 8.00. The van der Waals surface area contributed by atoms with Gasteiger partial charge in [-0.2, -0.15) is 0 Å². The summed E-state index contributed by atoms with van der Waals surface area (Å²) in [7, 11) is 0. The fourth-order valence-electron chi connectivity index (χ4n) is 4.54. The number of nitrogens with one attached hydrogen (secondary N) is 2. The minimum Gasteiger partial charge on any atom is -0.462 e. The Kier molecular flexibility index (Phi) is 12.0. The van der Waals surface area contributed by atoms with Gasteiger partial charge in [-0.25, -0.2) is 9.59 Å². The summed E-state index contributed by atoms with van der Waals surface area (Å²) >= 11 is 2.04. The number of aromatic nitrogens is 3. The number of amides is 2. The van der Waals surface area contributed by atoms with E-state index >= 15 is 0 Å². The van der Waals surface area contributed by atoms with Crippen molar-refractivity contribution < 1.29 is 33.6 Å². The third-order valence-corrected chi connectivity index (χ3v) is 9.30. The molecule has 0 aliphatic rings. The number of benzene rings is 2. The van der Waals surface area contributed by atoms with Gasteiger partial charge in [0, 0.05) is 17.2 Å². The van der Waals surface area contributed by atoms with Crippen LogP contribution in [0.2, 0.25) is 0 Å². The summed E-state index contributed by atoms with van der Waals surface area (Å²) in [6, 6.07) is 13.7. The number of ether oxygens (including phenoxy) is 2. The molecule has 0 saturated carbocycles. The topological polar surface area (TPSA) is 185 Å². The van der Waals surface area contributed by atoms with Crippen LogP contribution in [0.15, 0.2) is 53.7 Å². The number of anilines is 1. The average molecular weight is 695 g/mol. The van der Waals surface area contributed by atoms with E-state index in [1.165, 1.54) is 18.2 Å². The summed E-state index contributed by atoms with van der Waals surface area (Å²) in [5, 5.41) is 25.2. The molecule has 0 spiro atoms. The van der Waals surface area contributed by atoms with Crippen molar-refractivity contribution in [1.82, 2.24) is 20.1 Å². The zero-order valence-electron chi connectivity index (χ0n) is 26.9. The van der Waals surface area contributed by atoms with Gasteiger partial charge < -0.3 is 24.7 Å². The van der Waals surface area contributed by atoms with Crippen LogP contribution in [-0.4, -0.2) is 61.9 Å². The van der Waals surface area contributed by atoms with Gasteiger partial charge in [0.25, 0.3) is 11.6 Å². The minimum atomic E-state index is -0.747. The fourth-order valence-corrected chi connectivity index (χ4v) is 6.50. The van der Waals surface area contributed by atoms with E-state index in [-0.39, 0.29) is 46.5 Å². The van der Waals surface area contributed by atoms with Crippen LogP contribution in [0.4, 0.5) is 10.7 Å². The van der Waals surface area contributed by atoms with Crippen LogP contribution in [0.3, 0.4) is 0 Å². The molecule has 0 aliphatic heterocycles. The summed E-state index contributed by atoms with van der Waals surface area (Å²) < 4.78 is 12.1. The van der Waals surface area contributed by atoms with Crippen LogP contribution in [0.1, 0.15) is 73.7 Å². The first-order valence-electron chi connectivity index (χ1n) is 14.9. The molecule has 2 N–H and O–H groups in total. The van der Waals surface area contributed by atoms with Gasteiger partial charge in [-0.1, -0.05) is 48.2 Å². The molecule has 14 nitrogen and oxygen atoms in total. The van der Waals surface area contributed by atoms with Gasteiger partial charge in [-0.05, 0) is 51.8 Å². The van der Waals surface area contributed by atoms with E-state index in [2.05, 4.69) is 20.8 Å². The number of hydrogen-bond donors (Lipinski definition) is 2. The molecule has 252 valence electrons. The number of esters is 2. The first-order valence-corrected chi connectivity index (χ1v) is 16.6. The highest BCUT2D eigenvalue weighted by Crippen LogP contribution is 2.35. The predicted molar refractivity (Wildman–Crippen MR) is 179 cm³/mol. The molecule has 2 aromatic carbocycles. The second-order valence-corrected chi connectivity index (χ2v) is 12.7. The van der Waals surface area contributed by atoms with E-state index in [0.29, 0.717) is 28.7 Å². The number of carbonyl (C=O) groups is 4. The van der Waals surface area contributed by atoms with Crippen molar-refractivity contribution in [1.29, 1.82) is 0 Å². The molecule has 16 heteroatoms. The largest absolute Gasteiger partial charge is 0.462 e. The maximum absolute atomic E-state index is 13.5. The van der Waals surface area contributed by atoms with Gasteiger partial charge in [0.1, 0.15) is 9.88 Å². The lowest BCUT2D eigenvalue weighted by atomic mass is 10.1. The van der Waals surface area contributed by atoms with Gasteiger partial charge >= 0.3 is 11.9 Å². The standard InChI is InChI=1S/C32H34N6O8S2/c1-6-45-30(41)25-19(4)26(31(42)46-7-2)48-29(25)34-27(39)20(5)47-32-36-35-24(37(32)17-21-11-9-8-10-12-21)16-33-28(40)22-14-13-18(3)23(15-22)38(43)44/h8-15,20H,6-7,16-17H2,1-5H3,(H,33,40)(H,34,39). The van der Waals surface area contributed by atoms with Crippen molar-refractivity contribution in [3.63, 3.8) is 0 Å². The monoisotopic (exact) mass is 694 g/mol. The quantitative estimate of drug-likeness (QED) is 0.0754. The zero-order chi connectivity index (χ0) is 35.0. The molecule has 0 radical (unpaired) electrons. The second-order valence-electron chi connectivity index (χ2n) is 10.4. The highest BCUT2D eigenvalue weighted by atomic mass is 32.2. The van der Waals surface area contributed by atoms with E-state index in [4.69, 9.17) is 9.47 Å². The Labute approximate surface area is 284 Å². The van der Waals surface area contributed by atoms with Crippen molar-refractivity contribution >= 4 is 57.5 Å². The minimum absolute atomic E-state index is 0.0461. The van der Waals surface area contributed by atoms with E-state index in [9.17, 15) is 29.3 Å². The van der Waals surface area contributed by atoms with E-state index in [1.807, 2.05) is 30.3 Å². The summed E-state index contributed by atoms with van der Waals surface area (Å²) in [6.45, 7) is 8.69. The lowest BCUT2D eigenvalue weighted by Gasteiger charge is -2.14. The molecule has 1 atom stereocenters. The molecule has 4 aromatic rings. The number of hydrogen-bond acceptors (Lipinski definition) is 12. The van der Waals surface area contributed by atoms with Crippen LogP contribution >= 0.6 is 23.1 Å². The van der Waals surface area contributed by atoms with Crippen molar-refractivity contribution in [2.45, 2.75) is 58.1 Å². The summed E-state index contributed by atoms with van der Waals surface area (Å²) in [4.78, 5) is 62.7. The molecule has 2 amide bonds. The maximum Gasteiger partial charge on any atom is 0.348 e. The first kappa shape index (κ1) is 35.8. The zero-order valence-corrected chi connectivity index (χ0v) is 28.5. The van der Waals surface area contributed by atoms with E-state index in [1.54, 1.807) is 39.2 Å². The lowest BCUT2D eigenvalue weighted by Crippen LogP contribution is -2.26. The van der Waals surface area contributed by atoms with Gasteiger partial charge in [0.2, 0.25) is 5.91 Å². The van der Waals surface area contributed by atoms with Crippen molar-refractivity contribution in [3.05, 3.63) is 97.2 Å². The first-order chi connectivity index (χ1) is 22.9. The number of carbonyl (C=O) groups excluding carboxylic acids is 4. The Morgan fingerprint density at radius 3 is 2.38 bits per heavy atom. The van der Waals surface area contributed by atoms with Gasteiger partial charge in [0.15, 0.2) is 11.0 Å². The normalized spacial score (nSPS) is 11.4. The lowest BCUT2D eigenvalue weighted by molar-refractivity contribution is -0.385. The van der Waals surface area contributed by atoms with Gasteiger partial charge in [-0.3, -0.25) is 19.7 Å². The molecular weight excluding hydrogens is 661 g/mol. The van der Waals surface area contributed by atoms with Crippen LogP contribution in [0.25, 0.3) is 0 Å². The fraction of sp³-hybridized carbons (Fsp3) is 0.312. The third kappa shape index (κ3) is 8.43. The molecule has 2 heterocycles. The van der Waals surface area contributed by atoms with Crippen LogP contribution in [-0.2, 0) is 27.4 Å². The average Bonchev–Trinajstić information content (AvgIpc) is 3.59. The van der Waals surface area contributed by atoms with Gasteiger partial charge in [0.05, 0.1) is 42.0 Å². The SMILES string of the molecule is CCOC(=O)c1sc(NC(=O)C(C)Sc2nnc(CNC(=O)c3ccc(C)c([N+](=O)[O-])c3)n2Cc2ccccc2)c(C(=O)OCC)c1C. The Bertz CT molecular complexity index is 1840. The number of rotatable bonds is 14. The number of nitro groups is 1. The van der Waals surface area contributed by atoms with Gasteiger partial charge in [-0.15, -0.1) is 21.5 Å². The summed E-state index contributed by atoms with van der Waals surface area (Å²) in [6.07, 6.45) is 0. The number of aryl methyl sites for hydroxylation is 1. The molecule has 0 saturated heterocycles. The highest BCUT2D eigenvalue weighted by Gasteiger charge is 2.29. The Morgan fingerprint density at radius 1 is 1.02 bits per heavy atom. The Morgan fingerprint density at radius 2 is 1.71 bits per heavy atom. The molecular formula is C32H34N6O8S2. The molecule has 48 heavy (non-hydrogen) atoms.